The number of nitrogens with zero attached hydrogens (tertiary/aromatic N) is 4. The maximum atomic E-state index is 13.2. The van der Waals surface area contributed by atoms with Gasteiger partial charge in [0.05, 0.1) is 18.8 Å². The van der Waals surface area contributed by atoms with Crippen LogP contribution in [0.15, 0.2) is 18.2 Å². The lowest BCUT2D eigenvalue weighted by molar-refractivity contribution is -0.137. The van der Waals surface area contributed by atoms with Gasteiger partial charge in [-0.2, -0.15) is 18.2 Å². The summed E-state index contributed by atoms with van der Waals surface area (Å²) in [6.45, 7) is 2.21. The summed E-state index contributed by atoms with van der Waals surface area (Å²) in [5, 5.41) is 4.06. The molecule has 1 aliphatic heterocycles. The Morgan fingerprint density at radius 2 is 1.87 bits per heavy atom. The van der Waals surface area contributed by atoms with E-state index >= 15 is 0 Å². The van der Waals surface area contributed by atoms with Crippen molar-refractivity contribution in [2.45, 2.75) is 6.18 Å². The van der Waals surface area contributed by atoms with E-state index in [9.17, 15) is 17.6 Å². The van der Waals surface area contributed by atoms with Crippen LogP contribution in [0.1, 0.15) is 5.56 Å². The van der Waals surface area contributed by atoms with Gasteiger partial charge >= 0.3 is 6.18 Å². The van der Waals surface area contributed by atoms with Gasteiger partial charge in [0.15, 0.2) is 5.82 Å². The second-order valence-electron chi connectivity index (χ2n) is 5.15. The van der Waals surface area contributed by atoms with Crippen molar-refractivity contribution in [3.05, 3.63) is 29.6 Å². The lowest BCUT2D eigenvalue weighted by Crippen LogP contribution is -2.37. The highest BCUT2D eigenvalue weighted by atomic mass is 19.4. The summed E-state index contributed by atoms with van der Waals surface area (Å²) in [7, 11) is 1.61. The van der Waals surface area contributed by atoms with Crippen LogP contribution in [-0.2, 0) is 18.0 Å². The molecular formula is C14H14F4N4O. The molecule has 5 nitrogen and oxygen atoms in total. The summed E-state index contributed by atoms with van der Waals surface area (Å²) in [4.78, 5) is 6.09. The maximum absolute atomic E-state index is 13.2. The molecule has 1 aromatic carbocycles. The van der Waals surface area contributed by atoms with E-state index in [4.69, 9.17) is 4.74 Å². The molecule has 0 amide bonds. The van der Waals surface area contributed by atoms with E-state index in [0.29, 0.717) is 38.3 Å². The average Bonchev–Trinajstić information content (AvgIpc) is 2.89. The molecule has 0 atom stereocenters. The van der Waals surface area contributed by atoms with Crippen LogP contribution in [-0.4, -0.2) is 41.1 Å². The van der Waals surface area contributed by atoms with E-state index in [1.807, 2.05) is 4.90 Å². The van der Waals surface area contributed by atoms with Crippen LogP contribution in [0, 0.1) is 5.82 Å². The molecule has 0 unspecified atom stereocenters. The Balaban J connectivity index is 2.03. The molecule has 0 N–H and O–H groups in total. The Morgan fingerprint density at radius 3 is 2.52 bits per heavy atom. The fourth-order valence-electron chi connectivity index (χ4n) is 2.48. The number of ether oxygens (including phenoxy) is 1. The molecule has 9 heteroatoms. The number of anilines is 1. The zero-order valence-corrected chi connectivity index (χ0v) is 12.3. The van der Waals surface area contributed by atoms with Crippen molar-refractivity contribution < 1.29 is 22.3 Å². The molecule has 1 aliphatic rings. The molecule has 0 spiro atoms. The summed E-state index contributed by atoms with van der Waals surface area (Å²) in [6, 6.07) is 2.48. The average molecular weight is 330 g/mol. The van der Waals surface area contributed by atoms with Gasteiger partial charge in [-0.25, -0.2) is 9.07 Å². The summed E-state index contributed by atoms with van der Waals surface area (Å²) in [5.74, 6) is -0.576. The lowest BCUT2D eigenvalue weighted by Gasteiger charge is -2.26. The molecule has 3 rings (SSSR count). The first kappa shape index (κ1) is 15.7. The molecule has 1 fully saturated rings. The standard InChI is InChI=1S/C14H14F4N4O/c1-21-13(22-4-6-23-7-5-22)19-12(20-21)10-3-2-9(15)8-11(10)14(16,17)18/h2-3,8H,4-7H2,1H3. The third kappa shape index (κ3) is 3.14. The van der Waals surface area contributed by atoms with Crippen molar-refractivity contribution in [2.75, 3.05) is 31.2 Å². The molecule has 1 saturated heterocycles. The first-order valence-electron chi connectivity index (χ1n) is 6.97. The van der Waals surface area contributed by atoms with Gasteiger partial charge in [0.1, 0.15) is 5.82 Å². The Labute approximate surface area is 129 Å². The smallest absolute Gasteiger partial charge is 0.378 e. The van der Waals surface area contributed by atoms with Crippen molar-refractivity contribution in [3.8, 4) is 11.4 Å². The number of hydrogen-bond donors (Lipinski definition) is 0. The van der Waals surface area contributed by atoms with Crippen LogP contribution in [0.2, 0.25) is 0 Å². The highest BCUT2D eigenvalue weighted by Gasteiger charge is 2.35. The van der Waals surface area contributed by atoms with Gasteiger partial charge in [-0.05, 0) is 18.2 Å². The lowest BCUT2D eigenvalue weighted by atomic mass is 10.1. The molecule has 124 valence electrons. The van der Waals surface area contributed by atoms with Gasteiger partial charge in [0.25, 0.3) is 0 Å². The summed E-state index contributed by atoms with van der Waals surface area (Å²) >= 11 is 0. The quantitative estimate of drug-likeness (QED) is 0.794. The summed E-state index contributed by atoms with van der Waals surface area (Å²) in [5.41, 5.74) is -1.33. The SMILES string of the molecule is Cn1nc(-c2ccc(F)cc2C(F)(F)F)nc1N1CCOCC1. The molecule has 1 aromatic heterocycles. The van der Waals surface area contributed by atoms with E-state index < -0.39 is 17.6 Å². The predicted octanol–water partition coefficient (Wildman–Crippen LogP) is 2.48. The van der Waals surface area contributed by atoms with E-state index in [-0.39, 0.29) is 11.4 Å². The number of aryl methyl sites for hydroxylation is 1. The Kier molecular flexibility index (Phi) is 3.97. The number of halogens is 4. The third-order valence-corrected chi connectivity index (χ3v) is 3.56. The van der Waals surface area contributed by atoms with Gasteiger partial charge in [-0.1, -0.05) is 0 Å². The number of morpholine rings is 1. The van der Waals surface area contributed by atoms with Crippen LogP contribution in [0.5, 0.6) is 0 Å². The first-order valence-corrected chi connectivity index (χ1v) is 6.97. The number of rotatable bonds is 2. The zero-order valence-electron chi connectivity index (χ0n) is 12.3. The molecule has 0 bridgehead atoms. The van der Waals surface area contributed by atoms with Crippen molar-refractivity contribution in [1.82, 2.24) is 14.8 Å². The van der Waals surface area contributed by atoms with Crippen molar-refractivity contribution in [1.29, 1.82) is 0 Å². The van der Waals surface area contributed by atoms with Gasteiger partial charge in [-0.3, -0.25) is 0 Å². The fourth-order valence-corrected chi connectivity index (χ4v) is 2.48. The van der Waals surface area contributed by atoms with Gasteiger partial charge in [-0.15, -0.1) is 5.10 Å². The normalized spacial score (nSPS) is 16.0. The number of aromatic nitrogens is 3. The minimum absolute atomic E-state index is 0.0821. The molecule has 0 radical (unpaired) electrons. The number of hydrogen-bond acceptors (Lipinski definition) is 4. The van der Waals surface area contributed by atoms with Crippen LogP contribution in [0.3, 0.4) is 0 Å². The molecule has 2 aromatic rings. The zero-order chi connectivity index (χ0) is 16.6. The summed E-state index contributed by atoms with van der Waals surface area (Å²) in [6.07, 6.45) is -4.68. The van der Waals surface area contributed by atoms with Crippen LogP contribution in [0.25, 0.3) is 11.4 Å². The topological polar surface area (TPSA) is 43.2 Å². The Hall–Kier alpha value is -2.16. The second kappa shape index (κ2) is 5.80. The highest BCUT2D eigenvalue weighted by molar-refractivity contribution is 5.62. The minimum Gasteiger partial charge on any atom is -0.378 e. The minimum atomic E-state index is -4.68. The third-order valence-electron chi connectivity index (χ3n) is 3.56. The Bertz CT molecular complexity index is 707. The van der Waals surface area contributed by atoms with Gasteiger partial charge in [0.2, 0.25) is 5.95 Å². The Morgan fingerprint density at radius 1 is 1.17 bits per heavy atom. The largest absolute Gasteiger partial charge is 0.417 e. The molecule has 23 heavy (non-hydrogen) atoms. The van der Waals surface area contributed by atoms with E-state index in [1.54, 1.807) is 7.05 Å². The first-order chi connectivity index (χ1) is 10.9. The summed E-state index contributed by atoms with van der Waals surface area (Å²) < 4.78 is 59.2. The van der Waals surface area contributed by atoms with E-state index in [1.165, 1.54) is 4.68 Å². The van der Waals surface area contributed by atoms with Crippen molar-refractivity contribution in [3.63, 3.8) is 0 Å². The monoisotopic (exact) mass is 330 g/mol. The van der Waals surface area contributed by atoms with E-state index in [0.717, 1.165) is 12.1 Å². The molecule has 0 aliphatic carbocycles. The predicted molar refractivity (Wildman–Crippen MR) is 74.4 cm³/mol. The van der Waals surface area contributed by atoms with Gasteiger partial charge in [0, 0.05) is 25.7 Å². The number of alkyl halides is 3. The van der Waals surface area contributed by atoms with Gasteiger partial charge < -0.3 is 9.64 Å². The highest BCUT2D eigenvalue weighted by Crippen LogP contribution is 2.36. The fraction of sp³-hybridized carbons (Fsp3) is 0.429. The van der Waals surface area contributed by atoms with Crippen molar-refractivity contribution >= 4 is 5.95 Å². The molecule has 2 heterocycles. The van der Waals surface area contributed by atoms with Crippen LogP contribution >= 0.6 is 0 Å². The maximum Gasteiger partial charge on any atom is 0.417 e. The van der Waals surface area contributed by atoms with E-state index in [2.05, 4.69) is 10.1 Å². The van der Waals surface area contributed by atoms with Crippen LogP contribution in [0.4, 0.5) is 23.5 Å². The number of benzene rings is 1. The van der Waals surface area contributed by atoms with Crippen molar-refractivity contribution in [2.24, 2.45) is 7.05 Å². The molecular weight excluding hydrogens is 316 g/mol. The molecule has 0 saturated carbocycles. The second-order valence-corrected chi connectivity index (χ2v) is 5.15. The van der Waals surface area contributed by atoms with Crippen LogP contribution < -0.4 is 4.90 Å².